The fraction of sp³-hybridized carbons (Fsp3) is 0.0500. The van der Waals surface area contributed by atoms with Gasteiger partial charge in [-0.1, -0.05) is 42.5 Å². The Labute approximate surface area is 185 Å². The van der Waals surface area contributed by atoms with Gasteiger partial charge >= 0.3 is 5.97 Å². The monoisotopic (exact) mass is 466 g/mol. The molecule has 2 aromatic carbocycles. The number of carboxylic acids is 1. The van der Waals surface area contributed by atoms with Crippen molar-refractivity contribution in [1.29, 1.82) is 0 Å². The Kier molecular flexibility index (Phi) is 4.60. The van der Waals surface area contributed by atoms with Crippen LogP contribution >= 0.6 is 11.3 Å². The second-order valence-electron chi connectivity index (χ2n) is 6.92. The standard InChI is InChI=1S/C20H14N6O4S2/c1-11-10-31-17(20(27)28)18(11)32(29,30)26-15-5-3-2-4-14(15)16(23-26)12-6-8-13(9-7-12)19-21-24-25-22-19/h2-10H,1H3,(H,27,28)(H,21,22,24,25). The summed E-state index contributed by atoms with van der Waals surface area (Å²) in [5, 5.41) is 29.7. The predicted molar refractivity (Wildman–Crippen MR) is 117 cm³/mol. The fourth-order valence-electron chi connectivity index (χ4n) is 3.49. The Balaban J connectivity index is 1.69. The fourth-order valence-corrected chi connectivity index (χ4v) is 6.37. The number of hydrogen-bond acceptors (Lipinski definition) is 8. The Morgan fingerprint density at radius 1 is 1.09 bits per heavy atom. The molecule has 0 saturated heterocycles. The molecule has 12 heteroatoms. The Bertz CT molecular complexity index is 1570. The molecule has 0 aliphatic heterocycles. The molecule has 5 aromatic rings. The highest BCUT2D eigenvalue weighted by molar-refractivity contribution is 7.90. The first-order valence-corrected chi connectivity index (χ1v) is 11.6. The highest BCUT2D eigenvalue weighted by atomic mass is 32.2. The van der Waals surface area contributed by atoms with Crippen molar-refractivity contribution in [2.24, 2.45) is 0 Å². The summed E-state index contributed by atoms with van der Waals surface area (Å²) in [5.74, 6) is -0.792. The molecule has 0 fully saturated rings. The number of para-hydroxylation sites is 1. The zero-order valence-electron chi connectivity index (χ0n) is 16.4. The van der Waals surface area contributed by atoms with E-state index in [0.717, 1.165) is 21.0 Å². The lowest BCUT2D eigenvalue weighted by atomic mass is 10.1. The van der Waals surface area contributed by atoms with Gasteiger partial charge in [0.1, 0.15) is 15.5 Å². The van der Waals surface area contributed by atoms with E-state index in [1.54, 1.807) is 55.5 Å². The van der Waals surface area contributed by atoms with Gasteiger partial charge in [0, 0.05) is 16.5 Å². The Morgan fingerprint density at radius 2 is 1.81 bits per heavy atom. The third kappa shape index (κ3) is 3.08. The predicted octanol–water partition coefficient (Wildman–Crippen LogP) is 3.19. The van der Waals surface area contributed by atoms with Crippen LogP contribution in [0.3, 0.4) is 0 Å². The lowest BCUT2D eigenvalue weighted by Crippen LogP contribution is -2.17. The first-order chi connectivity index (χ1) is 15.4. The van der Waals surface area contributed by atoms with Crippen LogP contribution in [0.4, 0.5) is 0 Å². The molecule has 10 nitrogen and oxygen atoms in total. The van der Waals surface area contributed by atoms with Crippen molar-refractivity contribution in [1.82, 2.24) is 29.8 Å². The van der Waals surface area contributed by atoms with Gasteiger partial charge in [0.2, 0.25) is 0 Å². The van der Waals surface area contributed by atoms with Crippen molar-refractivity contribution >= 4 is 38.2 Å². The maximum atomic E-state index is 13.5. The Hall–Kier alpha value is -3.90. The van der Waals surface area contributed by atoms with Gasteiger partial charge in [0.05, 0.1) is 5.52 Å². The molecular weight excluding hydrogens is 452 g/mol. The molecule has 0 spiro atoms. The number of benzene rings is 2. The molecule has 0 radical (unpaired) electrons. The number of H-pyrrole nitrogens is 1. The summed E-state index contributed by atoms with van der Waals surface area (Å²) in [6.07, 6.45) is 0. The average Bonchev–Trinajstić information content (AvgIpc) is 3.52. The number of tetrazole rings is 1. The molecule has 0 bridgehead atoms. The molecule has 0 aliphatic carbocycles. The van der Waals surface area contributed by atoms with Crippen LogP contribution in [0.1, 0.15) is 15.2 Å². The lowest BCUT2D eigenvalue weighted by molar-refractivity contribution is 0.0698. The van der Waals surface area contributed by atoms with Crippen LogP contribution in [-0.2, 0) is 10.0 Å². The second-order valence-corrected chi connectivity index (χ2v) is 9.51. The van der Waals surface area contributed by atoms with Crippen LogP contribution in [0.2, 0.25) is 0 Å². The molecular formula is C20H14N6O4S2. The summed E-state index contributed by atoms with van der Waals surface area (Å²) in [5.41, 5.74) is 2.62. The SMILES string of the molecule is Cc1csc(C(=O)O)c1S(=O)(=O)n1nc(-c2ccc(-c3nnn[nH]3)cc2)c2ccccc21. The van der Waals surface area contributed by atoms with E-state index in [-0.39, 0.29) is 9.77 Å². The number of fused-ring (bicyclic) bond motifs is 1. The molecule has 2 N–H and O–H groups in total. The molecule has 5 rings (SSSR count). The summed E-state index contributed by atoms with van der Waals surface area (Å²) >= 11 is 0.876. The molecule has 0 amide bonds. The van der Waals surface area contributed by atoms with Gasteiger partial charge in [-0.05, 0) is 34.4 Å². The number of nitrogens with one attached hydrogen (secondary N) is 1. The van der Waals surface area contributed by atoms with Crippen LogP contribution in [0.15, 0.2) is 58.8 Å². The zero-order chi connectivity index (χ0) is 22.5. The minimum atomic E-state index is -4.26. The first kappa shape index (κ1) is 20.0. The molecule has 0 unspecified atom stereocenters. The summed E-state index contributed by atoms with van der Waals surface area (Å²) < 4.78 is 28.0. The van der Waals surface area contributed by atoms with Crippen LogP contribution in [0.5, 0.6) is 0 Å². The van der Waals surface area contributed by atoms with Gasteiger partial charge in [-0.15, -0.1) is 16.4 Å². The minimum absolute atomic E-state index is 0.242. The van der Waals surface area contributed by atoms with E-state index in [1.165, 1.54) is 5.38 Å². The molecule has 3 heterocycles. The molecule has 3 aromatic heterocycles. The van der Waals surface area contributed by atoms with E-state index in [1.807, 2.05) is 0 Å². The van der Waals surface area contributed by atoms with E-state index in [9.17, 15) is 18.3 Å². The van der Waals surface area contributed by atoms with Gasteiger partial charge in [-0.2, -0.15) is 17.6 Å². The van der Waals surface area contributed by atoms with Crippen LogP contribution < -0.4 is 0 Å². The summed E-state index contributed by atoms with van der Waals surface area (Å²) in [7, 11) is -4.26. The summed E-state index contributed by atoms with van der Waals surface area (Å²) in [4.78, 5) is 11.1. The van der Waals surface area contributed by atoms with Crippen molar-refractivity contribution in [3.63, 3.8) is 0 Å². The Morgan fingerprint density at radius 3 is 2.50 bits per heavy atom. The number of thiophene rings is 1. The van der Waals surface area contributed by atoms with E-state index in [2.05, 4.69) is 25.7 Å². The number of aryl methyl sites for hydroxylation is 1. The molecule has 0 saturated carbocycles. The van der Waals surface area contributed by atoms with Crippen molar-refractivity contribution in [2.75, 3.05) is 0 Å². The average molecular weight is 467 g/mol. The first-order valence-electron chi connectivity index (χ1n) is 9.27. The maximum absolute atomic E-state index is 13.5. The highest BCUT2D eigenvalue weighted by Gasteiger charge is 2.31. The van der Waals surface area contributed by atoms with Gasteiger partial charge in [0.15, 0.2) is 5.82 Å². The number of aromatic carboxylic acids is 1. The highest BCUT2D eigenvalue weighted by Crippen LogP contribution is 2.34. The van der Waals surface area contributed by atoms with Gasteiger partial charge < -0.3 is 5.11 Å². The molecule has 0 atom stereocenters. The van der Waals surface area contributed by atoms with Crippen molar-refractivity contribution < 1.29 is 18.3 Å². The summed E-state index contributed by atoms with van der Waals surface area (Å²) in [6, 6.07) is 14.1. The topological polar surface area (TPSA) is 144 Å². The minimum Gasteiger partial charge on any atom is -0.477 e. The molecule has 0 aliphatic rings. The number of nitrogens with zero attached hydrogens (tertiary/aromatic N) is 5. The number of aromatic nitrogens is 6. The number of carbonyl (C=O) groups is 1. The number of hydrogen-bond donors (Lipinski definition) is 2. The molecule has 32 heavy (non-hydrogen) atoms. The lowest BCUT2D eigenvalue weighted by Gasteiger charge is -2.07. The van der Waals surface area contributed by atoms with Crippen LogP contribution in [0, 0.1) is 6.92 Å². The van der Waals surface area contributed by atoms with Crippen molar-refractivity contribution in [2.45, 2.75) is 11.8 Å². The van der Waals surface area contributed by atoms with Gasteiger partial charge in [-0.25, -0.2) is 9.89 Å². The van der Waals surface area contributed by atoms with E-state index < -0.39 is 16.0 Å². The summed E-state index contributed by atoms with van der Waals surface area (Å²) in [6.45, 7) is 1.57. The third-order valence-corrected chi connectivity index (χ3v) is 7.92. The number of rotatable bonds is 5. The van der Waals surface area contributed by atoms with Crippen molar-refractivity contribution in [3.05, 3.63) is 64.4 Å². The quantitative estimate of drug-likeness (QED) is 0.402. The van der Waals surface area contributed by atoms with E-state index in [4.69, 9.17) is 0 Å². The molecule has 160 valence electrons. The van der Waals surface area contributed by atoms with Gasteiger partial charge in [-0.3, -0.25) is 0 Å². The van der Waals surface area contributed by atoms with E-state index >= 15 is 0 Å². The van der Waals surface area contributed by atoms with Crippen LogP contribution in [-0.4, -0.2) is 49.3 Å². The normalized spacial score (nSPS) is 11.8. The second kappa shape index (κ2) is 7.35. The number of aromatic amines is 1. The van der Waals surface area contributed by atoms with Crippen LogP contribution in [0.25, 0.3) is 33.5 Å². The maximum Gasteiger partial charge on any atom is 0.347 e. The van der Waals surface area contributed by atoms with E-state index in [0.29, 0.717) is 33.5 Å². The third-order valence-electron chi connectivity index (χ3n) is 4.93. The van der Waals surface area contributed by atoms with Gasteiger partial charge in [0.25, 0.3) is 10.0 Å². The largest absolute Gasteiger partial charge is 0.477 e. The van der Waals surface area contributed by atoms with Crippen molar-refractivity contribution in [3.8, 4) is 22.6 Å². The zero-order valence-corrected chi connectivity index (χ0v) is 18.1. The number of carboxylic acid groups (broad SMARTS) is 1. The smallest absolute Gasteiger partial charge is 0.347 e.